The van der Waals surface area contributed by atoms with E-state index in [1.807, 2.05) is 18.4 Å². The molecule has 134 valence electrons. The van der Waals surface area contributed by atoms with E-state index in [2.05, 4.69) is 36.3 Å². The number of carbonyl (C=O) groups excluding carboxylic acids is 1. The number of aryl methyl sites for hydroxylation is 3. The molecule has 0 fully saturated rings. The molecule has 2 aromatic carbocycles. The number of anilines is 1. The third kappa shape index (κ3) is 4.42. The lowest BCUT2D eigenvalue weighted by Gasteiger charge is -2.08. The molecule has 0 unspecified atom stereocenters. The van der Waals surface area contributed by atoms with Gasteiger partial charge >= 0.3 is 0 Å². The maximum atomic E-state index is 12.1. The van der Waals surface area contributed by atoms with E-state index < -0.39 is 0 Å². The average molecular weight is 387 g/mol. The van der Waals surface area contributed by atoms with Gasteiger partial charge in [-0.15, -0.1) is 11.3 Å². The van der Waals surface area contributed by atoms with Crippen molar-refractivity contribution in [2.75, 3.05) is 11.9 Å². The van der Waals surface area contributed by atoms with Crippen LogP contribution in [-0.4, -0.2) is 17.5 Å². The van der Waals surface area contributed by atoms with Gasteiger partial charge in [-0.05, 0) is 61.7 Å². The SMILES string of the molecule is Cc1ccc(-c2csc(NC(=O)COc3ccc(Cl)cc3C)n2)cc1C. The van der Waals surface area contributed by atoms with Gasteiger partial charge in [0.15, 0.2) is 11.7 Å². The Morgan fingerprint density at radius 2 is 1.92 bits per heavy atom. The molecule has 1 heterocycles. The van der Waals surface area contributed by atoms with E-state index in [0.717, 1.165) is 16.8 Å². The Kier molecular flexibility index (Phi) is 5.59. The summed E-state index contributed by atoms with van der Waals surface area (Å²) in [4.78, 5) is 16.6. The van der Waals surface area contributed by atoms with Crippen LogP contribution < -0.4 is 10.1 Å². The molecule has 0 atom stereocenters. The molecule has 6 heteroatoms. The van der Waals surface area contributed by atoms with Gasteiger partial charge < -0.3 is 4.74 Å². The molecule has 0 spiro atoms. The molecule has 3 aromatic rings. The smallest absolute Gasteiger partial charge is 0.264 e. The normalized spacial score (nSPS) is 10.6. The lowest BCUT2D eigenvalue weighted by atomic mass is 10.1. The number of nitrogens with one attached hydrogen (secondary N) is 1. The number of carbonyl (C=O) groups is 1. The first-order chi connectivity index (χ1) is 12.4. The van der Waals surface area contributed by atoms with Gasteiger partial charge in [-0.1, -0.05) is 23.7 Å². The van der Waals surface area contributed by atoms with Crippen LogP contribution >= 0.6 is 22.9 Å². The maximum absolute atomic E-state index is 12.1. The molecule has 0 saturated heterocycles. The van der Waals surface area contributed by atoms with Crippen molar-refractivity contribution in [3.63, 3.8) is 0 Å². The minimum Gasteiger partial charge on any atom is -0.483 e. The van der Waals surface area contributed by atoms with E-state index in [1.165, 1.54) is 22.5 Å². The second kappa shape index (κ2) is 7.89. The second-order valence-corrected chi connectivity index (χ2v) is 7.38. The van der Waals surface area contributed by atoms with Gasteiger partial charge in [0.1, 0.15) is 5.75 Å². The third-order valence-corrected chi connectivity index (χ3v) is 5.04. The van der Waals surface area contributed by atoms with Crippen LogP contribution in [0.25, 0.3) is 11.3 Å². The molecule has 1 N–H and O–H groups in total. The Morgan fingerprint density at radius 1 is 1.12 bits per heavy atom. The quantitative estimate of drug-likeness (QED) is 0.638. The molecule has 0 bridgehead atoms. The number of hydrogen-bond acceptors (Lipinski definition) is 4. The Morgan fingerprint density at radius 3 is 2.65 bits per heavy atom. The highest BCUT2D eigenvalue weighted by atomic mass is 35.5. The van der Waals surface area contributed by atoms with Gasteiger partial charge in [0.25, 0.3) is 5.91 Å². The fourth-order valence-corrected chi connectivity index (χ4v) is 3.40. The van der Waals surface area contributed by atoms with Crippen molar-refractivity contribution in [3.8, 4) is 17.0 Å². The van der Waals surface area contributed by atoms with Crippen LogP contribution in [0.4, 0.5) is 5.13 Å². The summed E-state index contributed by atoms with van der Waals surface area (Å²) in [6.07, 6.45) is 0. The summed E-state index contributed by atoms with van der Waals surface area (Å²) in [6.45, 7) is 5.95. The number of amides is 1. The molecule has 0 aliphatic rings. The zero-order valence-corrected chi connectivity index (χ0v) is 16.4. The maximum Gasteiger partial charge on any atom is 0.264 e. The summed E-state index contributed by atoms with van der Waals surface area (Å²) in [5.74, 6) is 0.389. The Hall–Kier alpha value is -2.37. The van der Waals surface area contributed by atoms with E-state index >= 15 is 0 Å². The van der Waals surface area contributed by atoms with E-state index in [1.54, 1.807) is 18.2 Å². The monoisotopic (exact) mass is 386 g/mol. The van der Waals surface area contributed by atoms with Crippen LogP contribution in [0, 0.1) is 20.8 Å². The first-order valence-electron chi connectivity index (χ1n) is 8.14. The summed E-state index contributed by atoms with van der Waals surface area (Å²) in [6, 6.07) is 11.5. The van der Waals surface area contributed by atoms with Crippen LogP contribution in [0.3, 0.4) is 0 Å². The highest BCUT2D eigenvalue weighted by molar-refractivity contribution is 7.14. The minimum absolute atomic E-state index is 0.0823. The molecule has 0 aliphatic heterocycles. The molecule has 26 heavy (non-hydrogen) atoms. The second-order valence-electron chi connectivity index (χ2n) is 6.08. The highest BCUT2D eigenvalue weighted by Crippen LogP contribution is 2.26. The molecule has 1 aromatic heterocycles. The third-order valence-electron chi connectivity index (χ3n) is 4.05. The van der Waals surface area contributed by atoms with E-state index in [0.29, 0.717) is 15.9 Å². The fraction of sp³-hybridized carbons (Fsp3) is 0.200. The molecule has 0 aliphatic carbocycles. The van der Waals surface area contributed by atoms with Crippen molar-refractivity contribution in [1.29, 1.82) is 0 Å². The van der Waals surface area contributed by atoms with Gasteiger partial charge in [0, 0.05) is 16.0 Å². The summed E-state index contributed by atoms with van der Waals surface area (Å²) in [7, 11) is 0. The molecule has 3 rings (SSSR count). The Balaban J connectivity index is 1.61. The minimum atomic E-state index is -0.250. The predicted molar refractivity (Wildman–Crippen MR) is 107 cm³/mol. The standard InChI is InChI=1S/C20H19ClN2O2S/c1-12-4-5-15(8-13(12)2)17-11-26-20(22-17)23-19(24)10-25-18-7-6-16(21)9-14(18)3/h4-9,11H,10H2,1-3H3,(H,22,23,24). The molecule has 4 nitrogen and oxygen atoms in total. The van der Waals surface area contributed by atoms with Crippen molar-refractivity contribution in [2.24, 2.45) is 0 Å². The van der Waals surface area contributed by atoms with Crippen molar-refractivity contribution in [1.82, 2.24) is 4.98 Å². The van der Waals surface area contributed by atoms with Gasteiger partial charge in [-0.25, -0.2) is 4.98 Å². The van der Waals surface area contributed by atoms with Crippen molar-refractivity contribution in [2.45, 2.75) is 20.8 Å². The number of thiazole rings is 1. The van der Waals surface area contributed by atoms with Crippen molar-refractivity contribution >= 4 is 34.0 Å². The van der Waals surface area contributed by atoms with E-state index in [-0.39, 0.29) is 12.5 Å². The van der Waals surface area contributed by atoms with Crippen LogP contribution in [0.2, 0.25) is 5.02 Å². The molecule has 0 radical (unpaired) electrons. The summed E-state index contributed by atoms with van der Waals surface area (Å²) in [5, 5.41) is 5.91. The van der Waals surface area contributed by atoms with E-state index in [9.17, 15) is 4.79 Å². The van der Waals surface area contributed by atoms with Gasteiger partial charge in [-0.2, -0.15) is 0 Å². The Labute approximate surface area is 161 Å². The van der Waals surface area contributed by atoms with Crippen LogP contribution in [0.1, 0.15) is 16.7 Å². The summed E-state index contributed by atoms with van der Waals surface area (Å²) >= 11 is 7.31. The molecular formula is C20H19ClN2O2S. The van der Waals surface area contributed by atoms with Crippen LogP contribution in [0.5, 0.6) is 5.75 Å². The number of ether oxygens (including phenoxy) is 1. The first kappa shape index (κ1) is 18.4. The average Bonchev–Trinajstić information content (AvgIpc) is 3.05. The largest absolute Gasteiger partial charge is 0.483 e. The van der Waals surface area contributed by atoms with Crippen molar-refractivity contribution < 1.29 is 9.53 Å². The van der Waals surface area contributed by atoms with Crippen LogP contribution in [0.15, 0.2) is 41.8 Å². The zero-order valence-electron chi connectivity index (χ0n) is 14.8. The molecule has 0 saturated carbocycles. The van der Waals surface area contributed by atoms with E-state index in [4.69, 9.17) is 16.3 Å². The molecule has 1 amide bonds. The highest BCUT2D eigenvalue weighted by Gasteiger charge is 2.10. The lowest BCUT2D eigenvalue weighted by Crippen LogP contribution is -2.20. The van der Waals surface area contributed by atoms with Gasteiger partial charge in [0.2, 0.25) is 0 Å². The summed E-state index contributed by atoms with van der Waals surface area (Å²) < 4.78 is 5.55. The fourth-order valence-electron chi connectivity index (χ4n) is 2.44. The van der Waals surface area contributed by atoms with Gasteiger partial charge in [0.05, 0.1) is 5.69 Å². The number of hydrogen-bond donors (Lipinski definition) is 1. The number of nitrogens with zero attached hydrogens (tertiary/aromatic N) is 1. The number of aromatic nitrogens is 1. The van der Waals surface area contributed by atoms with Crippen molar-refractivity contribution in [3.05, 3.63) is 63.5 Å². The predicted octanol–water partition coefficient (Wildman–Crippen LogP) is 5.41. The number of halogens is 1. The van der Waals surface area contributed by atoms with Gasteiger partial charge in [-0.3, -0.25) is 10.1 Å². The Bertz CT molecular complexity index is 953. The lowest BCUT2D eigenvalue weighted by molar-refractivity contribution is -0.118. The topological polar surface area (TPSA) is 51.2 Å². The number of benzene rings is 2. The molecular weight excluding hydrogens is 368 g/mol. The first-order valence-corrected chi connectivity index (χ1v) is 9.40. The van der Waals surface area contributed by atoms with Crippen LogP contribution in [-0.2, 0) is 4.79 Å². The summed E-state index contributed by atoms with van der Waals surface area (Å²) in [5.41, 5.74) is 5.23. The zero-order chi connectivity index (χ0) is 18.7. The number of rotatable bonds is 5.